The average molecular weight is 422 g/mol. The standard InChI is InChI=1S/C25H28FN3O2/c1-17-6-7-20(15-18(17)2)24(30)12-13-25(31)29(3)14-4-5-22-16-23(28-27-22)19-8-10-21(26)11-9-19/h6-11,15-16H,4-5,12-14H2,1-3H3,(H,27,28). The number of nitrogens with zero attached hydrogens (tertiary/aromatic N) is 2. The van der Waals surface area contributed by atoms with E-state index in [1.54, 1.807) is 24.1 Å². The number of hydrogen-bond donors (Lipinski definition) is 1. The smallest absolute Gasteiger partial charge is 0.222 e. The van der Waals surface area contributed by atoms with Crippen LogP contribution in [0.1, 0.15) is 46.4 Å². The number of benzene rings is 2. The lowest BCUT2D eigenvalue weighted by molar-refractivity contribution is -0.129. The van der Waals surface area contributed by atoms with Crippen LogP contribution in [0.3, 0.4) is 0 Å². The van der Waals surface area contributed by atoms with Crippen LogP contribution in [-0.2, 0) is 11.2 Å². The highest BCUT2D eigenvalue weighted by Crippen LogP contribution is 2.18. The molecule has 0 aliphatic rings. The van der Waals surface area contributed by atoms with Gasteiger partial charge in [-0.25, -0.2) is 4.39 Å². The highest BCUT2D eigenvalue weighted by atomic mass is 19.1. The number of rotatable bonds is 9. The Hall–Kier alpha value is -3.28. The summed E-state index contributed by atoms with van der Waals surface area (Å²) in [7, 11) is 1.76. The molecule has 0 radical (unpaired) electrons. The molecule has 6 heteroatoms. The number of nitrogens with one attached hydrogen (secondary N) is 1. The van der Waals surface area contributed by atoms with E-state index in [0.717, 1.165) is 40.9 Å². The van der Waals surface area contributed by atoms with Crippen LogP contribution >= 0.6 is 0 Å². The first-order valence-corrected chi connectivity index (χ1v) is 10.5. The van der Waals surface area contributed by atoms with E-state index in [1.807, 2.05) is 38.1 Å². The van der Waals surface area contributed by atoms with Gasteiger partial charge in [0, 0.05) is 43.3 Å². The normalized spacial score (nSPS) is 10.8. The number of hydrogen-bond acceptors (Lipinski definition) is 3. The summed E-state index contributed by atoms with van der Waals surface area (Å²) in [6, 6.07) is 13.8. The van der Waals surface area contributed by atoms with Gasteiger partial charge in [0.15, 0.2) is 5.78 Å². The molecule has 0 saturated heterocycles. The highest BCUT2D eigenvalue weighted by Gasteiger charge is 2.13. The molecule has 1 N–H and O–H groups in total. The average Bonchev–Trinajstić information content (AvgIpc) is 3.23. The molecule has 1 aromatic heterocycles. The van der Waals surface area contributed by atoms with E-state index in [2.05, 4.69) is 10.2 Å². The number of aromatic nitrogens is 2. The second-order valence-electron chi connectivity index (χ2n) is 7.93. The van der Waals surface area contributed by atoms with E-state index in [-0.39, 0.29) is 30.3 Å². The van der Waals surface area contributed by atoms with Crippen LogP contribution in [0.4, 0.5) is 4.39 Å². The lowest BCUT2D eigenvalue weighted by atomic mass is 10.0. The third kappa shape index (κ3) is 6.10. The van der Waals surface area contributed by atoms with Gasteiger partial charge in [0.05, 0.1) is 5.69 Å². The summed E-state index contributed by atoms with van der Waals surface area (Å²) in [6.45, 7) is 4.59. The first-order chi connectivity index (χ1) is 14.8. The first-order valence-electron chi connectivity index (χ1n) is 10.5. The fourth-order valence-corrected chi connectivity index (χ4v) is 3.36. The molecule has 0 saturated carbocycles. The van der Waals surface area contributed by atoms with E-state index in [4.69, 9.17) is 0 Å². The van der Waals surface area contributed by atoms with E-state index < -0.39 is 0 Å². The summed E-state index contributed by atoms with van der Waals surface area (Å²) in [4.78, 5) is 26.4. The van der Waals surface area contributed by atoms with E-state index >= 15 is 0 Å². The molecule has 1 amide bonds. The SMILES string of the molecule is Cc1ccc(C(=O)CCC(=O)N(C)CCCc2cc(-c3ccc(F)cc3)n[nH]2)cc1C. The van der Waals surface area contributed by atoms with Gasteiger partial charge in [0.2, 0.25) is 5.91 Å². The first kappa shape index (κ1) is 22.4. The molecule has 1 heterocycles. The summed E-state index contributed by atoms with van der Waals surface area (Å²) in [5.41, 5.74) is 5.47. The summed E-state index contributed by atoms with van der Waals surface area (Å²) in [5, 5.41) is 7.27. The van der Waals surface area contributed by atoms with Crippen LogP contribution in [0.5, 0.6) is 0 Å². The third-order valence-electron chi connectivity index (χ3n) is 5.53. The van der Waals surface area contributed by atoms with Crippen molar-refractivity contribution in [3.05, 3.63) is 76.7 Å². The number of H-pyrrole nitrogens is 1. The number of Topliss-reactive ketones (excluding diaryl/α,β-unsaturated/α-hetero) is 1. The zero-order valence-corrected chi connectivity index (χ0v) is 18.2. The quantitative estimate of drug-likeness (QED) is 0.501. The molecule has 0 fully saturated rings. The number of aromatic amines is 1. The number of ketones is 1. The highest BCUT2D eigenvalue weighted by molar-refractivity contribution is 5.98. The van der Waals surface area contributed by atoms with E-state index in [1.165, 1.54) is 12.1 Å². The third-order valence-corrected chi connectivity index (χ3v) is 5.53. The molecule has 0 aliphatic carbocycles. The zero-order valence-electron chi connectivity index (χ0n) is 18.2. The van der Waals surface area contributed by atoms with E-state index in [0.29, 0.717) is 12.1 Å². The Morgan fingerprint density at radius 1 is 1.00 bits per heavy atom. The lowest BCUT2D eigenvalue weighted by Crippen LogP contribution is -2.28. The number of halogens is 1. The number of aryl methyl sites for hydroxylation is 3. The van der Waals surface area contributed by atoms with Gasteiger partial charge in [-0.3, -0.25) is 14.7 Å². The summed E-state index contributed by atoms with van der Waals surface area (Å²) >= 11 is 0. The second kappa shape index (κ2) is 10.2. The predicted octanol–water partition coefficient (Wildman–Crippen LogP) is 4.89. The van der Waals surface area contributed by atoms with Crippen molar-refractivity contribution in [3.63, 3.8) is 0 Å². The molecule has 0 atom stereocenters. The van der Waals surface area contributed by atoms with Crippen molar-refractivity contribution < 1.29 is 14.0 Å². The minimum Gasteiger partial charge on any atom is -0.346 e. The maximum atomic E-state index is 13.1. The molecule has 0 aliphatic heterocycles. The van der Waals surface area contributed by atoms with Gasteiger partial charge in [-0.2, -0.15) is 5.10 Å². The molecule has 2 aromatic carbocycles. The summed E-state index contributed by atoms with van der Waals surface area (Å²) < 4.78 is 13.1. The molecule has 162 valence electrons. The maximum absolute atomic E-state index is 13.1. The fourth-order valence-electron chi connectivity index (χ4n) is 3.36. The molecule has 3 aromatic rings. The molecular formula is C25H28FN3O2. The molecular weight excluding hydrogens is 393 g/mol. The monoisotopic (exact) mass is 421 g/mol. The number of carbonyl (C=O) groups is 2. The van der Waals surface area contributed by atoms with Gasteiger partial charge in [-0.1, -0.05) is 12.1 Å². The topological polar surface area (TPSA) is 66.1 Å². The van der Waals surface area contributed by atoms with Crippen LogP contribution in [-0.4, -0.2) is 40.4 Å². The summed E-state index contributed by atoms with van der Waals surface area (Å²) in [6.07, 6.45) is 1.94. The van der Waals surface area contributed by atoms with Crippen LogP contribution in [0.25, 0.3) is 11.3 Å². The molecule has 3 rings (SSSR count). The minimum atomic E-state index is -0.275. The van der Waals surface area contributed by atoms with Gasteiger partial charge >= 0.3 is 0 Å². The van der Waals surface area contributed by atoms with Crippen molar-refractivity contribution in [2.75, 3.05) is 13.6 Å². The maximum Gasteiger partial charge on any atom is 0.222 e. The molecule has 5 nitrogen and oxygen atoms in total. The fraction of sp³-hybridized carbons (Fsp3) is 0.320. The van der Waals surface area contributed by atoms with Crippen molar-refractivity contribution in [3.8, 4) is 11.3 Å². The van der Waals surface area contributed by atoms with Crippen molar-refractivity contribution in [1.29, 1.82) is 0 Å². The molecule has 0 bridgehead atoms. The molecule has 31 heavy (non-hydrogen) atoms. The van der Waals surface area contributed by atoms with Crippen LogP contribution < -0.4 is 0 Å². The van der Waals surface area contributed by atoms with Crippen molar-refractivity contribution in [1.82, 2.24) is 15.1 Å². The Morgan fingerprint density at radius 3 is 2.45 bits per heavy atom. The van der Waals surface area contributed by atoms with Gasteiger partial charge in [-0.05, 0) is 74.2 Å². The van der Waals surface area contributed by atoms with Crippen molar-refractivity contribution in [2.45, 2.75) is 39.5 Å². The second-order valence-corrected chi connectivity index (χ2v) is 7.93. The van der Waals surface area contributed by atoms with Crippen molar-refractivity contribution >= 4 is 11.7 Å². The molecule has 0 spiro atoms. The number of carbonyl (C=O) groups excluding carboxylic acids is 2. The Bertz CT molecular complexity index is 1060. The predicted molar refractivity (Wildman–Crippen MR) is 119 cm³/mol. The van der Waals surface area contributed by atoms with Gasteiger partial charge in [0.25, 0.3) is 0 Å². The van der Waals surface area contributed by atoms with Crippen LogP contribution in [0, 0.1) is 19.7 Å². The van der Waals surface area contributed by atoms with Gasteiger partial charge in [-0.15, -0.1) is 0 Å². The molecule has 0 unspecified atom stereocenters. The largest absolute Gasteiger partial charge is 0.346 e. The van der Waals surface area contributed by atoms with Crippen molar-refractivity contribution in [2.24, 2.45) is 0 Å². The van der Waals surface area contributed by atoms with E-state index in [9.17, 15) is 14.0 Å². The van der Waals surface area contributed by atoms with Crippen LogP contribution in [0.2, 0.25) is 0 Å². The zero-order chi connectivity index (χ0) is 22.4. The van der Waals surface area contributed by atoms with Crippen LogP contribution in [0.15, 0.2) is 48.5 Å². The Kier molecular flexibility index (Phi) is 7.34. The van der Waals surface area contributed by atoms with Gasteiger partial charge < -0.3 is 4.90 Å². The Morgan fingerprint density at radius 2 is 1.74 bits per heavy atom. The Labute approximate surface area is 182 Å². The number of amides is 1. The Balaban J connectivity index is 1.42. The lowest BCUT2D eigenvalue weighted by Gasteiger charge is -2.16. The van der Waals surface area contributed by atoms with Gasteiger partial charge in [0.1, 0.15) is 5.82 Å². The summed E-state index contributed by atoms with van der Waals surface area (Å²) in [5.74, 6) is -0.313. The minimum absolute atomic E-state index is 0.00404.